The number of imidazole rings is 2. The molecule has 1 atom stereocenters. The molecular formula is C20H21N5. The van der Waals surface area contributed by atoms with E-state index in [1.807, 2.05) is 24.5 Å². The average molecular weight is 331 g/mol. The number of pyridine rings is 1. The smallest absolute Gasteiger partial charge is 0.139 e. The zero-order chi connectivity index (χ0) is 17.1. The van der Waals surface area contributed by atoms with Gasteiger partial charge in [-0.15, -0.1) is 0 Å². The molecule has 126 valence electrons. The van der Waals surface area contributed by atoms with Gasteiger partial charge in [-0.25, -0.2) is 9.97 Å². The van der Waals surface area contributed by atoms with Crippen molar-refractivity contribution >= 4 is 5.65 Å². The van der Waals surface area contributed by atoms with Gasteiger partial charge in [-0.1, -0.05) is 36.4 Å². The molecule has 0 aliphatic carbocycles. The molecule has 0 aliphatic heterocycles. The van der Waals surface area contributed by atoms with E-state index in [1.54, 1.807) is 6.20 Å². The molecule has 3 heterocycles. The third-order valence-corrected chi connectivity index (χ3v) is 4.38. The van der Waals surface area contributed by atoms with Crippen molar-refractivity contribution in [2.45, 2.75) is 19.4 Å². The summed E-state index contributed by atoms with van der Waals surface area (Å²) in [5.41, 5.74) is 4.51. The van der Waals surface area contributed by atoms with E-state index in [4.69, 9.17) is 4.98 Å². The van der Waals surface area contributed by atoms with Crippen LogP contribution in [0.5, 0.6) is 0 Å². The summed E-state index contributed by atoms with van der Waals surface area (Å²) in [6, 6.07) is 14.6. The fourth-order valence-electron chi connectivity index (χ4n) is 3.12. The van der Waals surface area contributed by atoms with Gasteiger partial charge < -0.3 is 14.7 Å². The van der Waals surface area contributed by atoms with E-state index in [1.165, 1.54) is 11.1 Å². The molecule has 1 unspecified atom stereocenters. The maximum atomic E-state index is 4.74. The van der Waals surface area contributed by atoms with Crippen molar-refractivity contribution in [1.82, 2.24) is 24.7 Å². The van der Waals surface area contributed by atoms with Crippen LogP contribution in [0.3, 0.4) is 0 Å². The van der Waals surface area contributed by atoms with Crippen LogP contribution in [0.1, 0.15) is 28.7 Å². The zero-order valence-electron chi connectivity index (χ0n) is 14.2. The zero-order valence-corrected chi connectivity index (χ0v) is 14.2. The third-order valence-electron chi connectivity index (χ3n) is 4.38. The predicted octanol–water partition coefficient (Wildman–Crippen LogP) is 3.29. The number of H-pyrrole nitrogens is 1. The molecule has 4 aromatic rings. The van der Waals surface area contributed by atoms with Gasteiger partial charge >= 0.3 is 0 Å². The number of aromatic nitrogens is 4. The Morgan fingerprint density at radius 1 is 1.16 bits per heavy atom. The average Bonchev–Trinajstić information content (AvgIpc) is 3.30. The monoisotopic (exact) mass is 331 g/mol. The van der Waals surface area contributed by atoms with E-state index in [2.05, 4.69) is 63.1 Å². The van der Waals surface area contributed by atoms with Crippen LogP contribution in [0, 0.1) is 6.92 Å². The molecule has 2 N–H and O–H groups in total. The van der Waals surface area contributed by atoms with Gasteiger partial charge in [0.15, 0.2) is 0 Å². The van der Waals surface area contributed by atoms with Gasteiger partial charge in [0.2, 0.25) is 0 Å². The van der Waals surface area contributed by atoms with Crippen molar-refractivity contribution in [2.24, 2.45) is 0 Å². The Morgan fingerprint density at radius 3 is 2.80 bits per heavy atom. The number of hydrogen-bond donors (Lipinski definition) is 2. The highest BCUT2D eigenvalue weighted by Gasteiger charge is 2.15. The minimum absolute atomic E-state index is 0.0509. The van der Waals surface area contributed by atoms with Crippen molar-refractivity contribution in [3.8, 4) is 0 Å². The van der Waals surface area contributed by atoms with Crippen LogP contribution in [0.4, 0.5) is 0 Å². The summed E-state index contributed by atoms with van der Waals surface area (Å²) in [6.45, 7) is 2.91. The molecule has 3 aromatic heterocycles. The van der Waals surface area contributed by atoms with E-state index in [0.717, 1.165) is 30.1 Å². The first-order valence-electron chi connectivity index (χ1n) is 8.52. The fourth-order valence-corrected chi connectivity index (χ4v) is 3.12. The van der Waals surface area contributed by atoms with E-state index < -0.39 is 0 Å². The summed E-state index contributed by atoms with van der Waals surface area (Å²) in [5, 5.41) is 3.60. The fraction of sp³-hybridized carbons (Fsp3) is 0.200. The summed E-state index contributed by atoms with van der Waals surface area (Å²) >= 11 is 0. The number of nitrogens with one attached hydrogen (secondary N) is 2. The Balaban J connectivity index is 1.48. The molecule has 0 radical (unpaired) electrons. The van der Waals surface area contributed by atoms with E-state index in [9.17, 15) is 0 Å². The molecule has 0 bridgehead atoms. The number of aryl methyl sites for hydroxylation is 1. The van der Waals surface area contributed by atoms with Crippen LogP contribution >= 0.6 is 0 Å². The molecule has 5 nitrogen and oxygen atoms in total. The number of fused-ring (bicyclic) bond motifs is 1. The summed E-state index contributed by atoms with van der Waals surface area (Å²) in [4.78, 5) is 12.4. The second-order valence-corrected chi connectivity index (χ2v) is 6.18. The van der Waals surface area contributed by atoms with Crippen LogP contribution in [0.15, 0.2) is 67.3 Å². The van der Waals surface area contributed by atoms with E-state index in [-0.39, 0.29) is 6.04 Å². The molecular weight excluding hydrogens is 310 g/mol. The number of rotatable bonds is 6. The quantitative estimate of drug-likeness (QED) is 0.570. The standard InChI is InChI=1S/C20H21N5/c1-15-6-5-13-25-14-17(24-20(15)25)9-10-21-18(19-22-11-12-23-19)16-7-3-2-4-8-16/h2-8,11-14,18,21H,9-10H2,1H3,(H,22,23). The summed E-state index contributed by atoms with van der Waals surface area (Å²) < 4.78 is 2.09. The van der Waals surface area contributed by atoms with Gasteiger partial charge in [0.1, 0.15) is 11.5 Å². The first-order valence-corrected chi connectivity index (χ1v) is 8.52. The molecule has 0 spiro atoms. The van der Waals surface area contributed by atoms with Gasteiger partial charge in [0, 0.05) is 37.8 Å². The normalized spacial score (nSPS) is 12.5. The Bertz CT molecular complexity index is 941. The second kappa shape index (κ2) is 6.91. The lowest BCUT2D eigenvalue weighted by molar-refractivity contribution is 0.580. The Morgan fingerprint density at radius 2 is 2.04 bits per heavy atom. The predicted molar refractivity (Wildman–Crippen MR) is 98.5 cm³/mol. The van der Waals surface area contributed by atoms with Gasteiger partial charge in [0.05, 0.1) is 11.7 Å². The Hall–Kier alpha value is -2.92. The third kappa shape index (κ3) is 3.32. The Kier molecular flexibility index (Phi) is 4.31. The minimum atomic E-state index is 0.0509. The van der Waals surface area contributed by atoms with Gasteiger partial charge in [-0.3, -0.25) is 0 Å². The summed E-state index contributed by atoms with van der Waals surface area (Å²) in [6.07, 6.45) is 8.66. The van der Waals surface area contributed by atoms with Crippen molar-refractivity contribution < 1.29 is 0 Å². The first kappa shape index (κ1) is 15.6. The number of nitrogens with zero attached hydrogens (tertiary/aromatic N) is 3. The summed E-state index contributed by atoms with van der Waals surface area (Å²) in [7, 11) is 0. The van der Waals surface area contributed by atoms with Gasteiger partial charge in [-0.2, -0.15) is 0 Å². The van der Waals surface area contributed by atoms with Crippen molar-refractivity contribution in [3.05, 3.63) is 89.9 Å². The lowest BCUT2D eigenvalue weighted by Crippen LogP contribution is -2.25. The highest BCUT2D eigenvalue weighted by atomic mass is 15.0. The molecule has 5 heteroatoms. The lowest BCUT2D eigenvalue weighted by Gasteiger charge is -2.16. The van der Waals surface area contributed by atoms with Crippen molar-refractivity contribution in [2.75, 3.05) is 6.54 Å². The highest BCUT2D eigenvalue weighted by Crippen LogP contribution is 2.18. The van der Waals surface area contributed by atoms with E-state index >= 15 is 0 Å². The van der Waals surface area contributed by atoms with Crippen LogP contribution < -0.4 is 5.32 Å². The molecule has 1 aromatic carbocycles. The number of hydrogen-bond acceptors (Lipinski definition) is 3. The molecule has 0 saturated heterocycles. The highest BCUT2D eigenvalue weighted by molar-refractivity contribution is 5.47. The first-order chi connectivity index (χ1) is 12.3. The maximum Gasteiger partial charge on any atom is 0.139 e. The van der Waals surface area contributed by atoms with Gasteiger partial charge in [0.25, 0.3) is 0 Å². The molecule has 0 fully saturated rings. The van der Waals surface area contributed by atoms with Crippen molar-refractivity contribution in [3.63, 3.8) is 0 Å². The molecule has 25 heavy (non-hydrogen) atoms. The molecule has 4 rings (SSSR count). The van der Waals surface area contributed by atoms with Crippen LogP contribution in [-0.4, -0.2) is 25.9 Å². The second-order valence-electron chi connectivity index (χ2n) is 6.18. The van der Waals surface area contributed by atoms with E-state index in [0.29, 0.717) is 0 Å². The molecule has 0 amide bonds. The topological polar surface area (TPSA) is 58.0 Å². The van der Waals surface area contributed by atoms with Crippen LogP contribution in [0.2, 0.25) is 0 Å². The molecule has 0 aliphatic rings. The number of aromatic amines is 1. The maximum absolute atomic E-state index is 4.74. The Labute approximate surface area is 146 Å². The lowest BCUT2D eigenvalue weighted by atomic mass is 10.1. The summed E-state index contributed by atoms with van der Waals surface area (Å²) in [5.74, 6) is 0.928. The SMILES string of the molecule is Cc1cccn2cc(CCNC(c3ccccc3)c3ncc[nH]3)nc12. The van der Waals surface area contributed by atoms with Gasteiger partial charge in [-0.05, 0) is 24.1 Å². The largest absolute Gasteiger partial charge is 0.347 e. The minimum Gasteiger partial charge on any atom is -0.347 e. The van der Waals surface area contributed by atoms with Crippen LogP contribution in [0.25, 0.3) is 5.65 Å². The van der Waals surface area contributed by atoms with Crippen LogP contribution in [-0.2, 0) is 6.42 Å². The molecule has 0 saturated carbocycles. The number of benzene rings is 1. The van der Waals surface area contributed by atoms with Crippen molar-refractivity contribution in [1.29, 1.82) is 0 Å².